The maximum Gasteiger partial charge on any atom is 0.321 e. The van der Waals surface area contributed by atoms with Gasteiger partial charge in [-0.1, -0.05) is 0 Å². The number of hydrogen-bond donors (Lipinski definition) is 1. The number of nitrogens with one attached hydrogen (secondary N) is 1. The fourth-order valence-electron chi connectivity index (χ4n) is 1.87. The molecule has 0 bridgehead atoms. The van der Waals surface area contributed by atoms with Crippen LogP contribution in [-0.4, -0.2) is 24.0 Å². The Bertz CT molecular complexity index is 419. The summed E-state index contributed by atoms with van der Waals surface area (Å²) in [6.07, 6.45) is 3.26. The van der Waals surface area contributed by atoms with Gasteiger partial charge in [0.15, 0.2) is 0 Å². The summed E-state index contributed by atoms with van der Waals surface area (Å²) in [6, 6.07) is 4.42. The van der Waals surface area contributed by atoms with Crippen molar-refractivity contribution in [1.29, 1.82) is 0 Å². The van der Waals surface area contributed by atoms with Crippen LogP contribution in [0.15, 0.2) is 22.7 Å². The van der Waals surface area contributed by atoms with E-state index in [1.165, 1.54) is 12.5 Å². The Hall–Kier alpha value is -1.10. The summed E-state index contributed by atoms with van der Waals surface area (Å²) in [5, 5.41) is 2.71. The maximum absolute atomic E-state index is 13.3. The Labute approximate surface area is 108 Å². The first kappa shape index (κ1) is 12.4. The van der Waals surface area contributed by atoms with Gasteiger partial charge in [-0.25, -0.2) is 9.18 Å². The fourth-order valence-corrected chi connectivity index (χ4v) is 2.12. The molecule has 2 amide bonds. The molecule has 0 atom stereocenters. The third-order valence-electron chi connectivity index (χ3n) is 2.81. The highest BCUT2D eigenvalue weighted by Gasteiger charge is 2.16. The van der Waals surface area contributed by atoms with E-state index in [1.54, 1.807) is 17.0 Å². The minimum absolute atomic E-state index is 0.147. The number of carbonyl (C=O) groups is 1. The van der Waals surface area contributed by atoms with Crippen LogP contribution in [0.25, 0.3) is 0 Å². The van der Waals surface area contributed by atoms with Crippen LogP contribution in [0.2, 0.25) is 0 Å². The molecule has 1 aromatic carbocycles. The number of carbonyl (C=O) groups excluding carboxylic acids is 1. The second-order valence-corrected chi connectivity index (χ2v) is 4.96. The highest BCUT2D eigenvalue weighted by molar-refractivity contribution is 9.10. The molecule has 0 unspecified atom stereocenters. The van der Waals surface area contributed by atoms with Crippen molar-refractivity contribution in [2.45, 2.75) is 19.3 Å². The van der Waals surface area contributed by atoms with E-state index in [0.717, 1.165) is 25.9 Å². The van der Waals surface area contributed by atoms with E-state index in [-0.39, 0.29) is 11.8 Å². The number of anilines is 1. The predicted molar refractivity (Wildman–Crippen MR) is 68.5 cm³/mol. The third-order valence-corrected chi connectivity index (χ3v) is 3.46. The van der Waals surface area contributed by atoms with E-state index in [2.05, 4.69) is 21.2 Å². The van der Waals surface area contributed by atoms with Gasteiger partial charge in [0.1, 0.15) is 5.82 Å². The first-order valence-electron chi connectivity index (χ1n) is 5.68. The summed E-state index contributed by atoms with van der Waals surface area (Å²) >= 11 is 3.07. The van der Waals surface area contributed by atoms with Crippen molar-refractivity contribution in [3.05, 3.63) is 28.5 Å². The van der Waals surface area contributed by atoms with Crippen molar-refractivity contribution >= 4 is 27.6 Å². The summed E-state index contributed by atoms with van der Waals surface area (Å²) in [5.41, 5.74) is 0.487. The average molecular weight is 301 g/mol. The smallest absolute Gasteiger partial charge is 0.321 e. The molecular weight excluding hydrogens is 287 g/mol. The normalized spacial score (nSPS) is 15.8. The minimum atomic E-state index is -0.374. The molecule has 1 fully saturated rings. The van der Waals surface area contributed by atoms with Crippen LogP contribution >= 0.6 is 15.9 Å². The van der Waals surface area contributed by atoms with Crippen molar-refractivity contribution < 1.29 is 9.18 Å². The molecule has 0 spiro atoms. The number of nitrogens with zero attached hydrogens (tertiary/aromatic N) is 1. The molecule has 0 aromatic heterocycles. The molecule has 1 aliphatic heterocycles. The zero-order valence-electron chi connectivity index (χ0n) is 9.38. The van der Waals surface area contributed by atoms with Crippen LogP contribution in [0.1, 0.15) is 19.3 Å². The molecule has 1 saturated heterocycles. The SMILES string of the molecule is O=C(Nc1ccc(Br)c(F)c1)N1CCCCC1. The number of likely N-dealkylation sites (tertiary alicyclic amines) is 1. The van der Waals surface area contributed by atoms with Crippen LogP contribution in [-0.2, 0) is 0 Å². The highest BCUT2D eigenvalue weighted by atomic mass is 79.9. The Kier molecular flexibility index (Phi) is 3.99. The highest BCUT2D eigenvalue weighted by Crippen LogP contribution is 2.20. The number of benzene rings is 1. The van der Waals surface area contributed by atoms with E-state index in [9.17, 15) is 9.18 Å². The van der Waals surface area contributed by atoms with Gasteiger partial charge in [0.05, 0.1) is 4.47 Å². The summed E-state index contributed by atoms with van der Waals surface area (Å²) in [7, 11) is 0. The first-order valence-corrected chi connectivity index (χ1v) is 6.47. The number of piperidine rings is 1. The van der Waals surface area contributed by atoms with Crippen LogP contribution in [0, 0.1) is 5.82 Å². The lowest BCUT2D eigenvalue weighted by atomic mass is 10.1. The fraction of sp³-hybridized carbons (Fsp3) is 0.417. The van der Waals surface area contributed by atoms with Crippen molar-refractivity contribution in [3.63, 3.8) is 0 Å². The predicted octanol–water partition coefficient (Wildman–Crippen LogP) is 3.61. The number of urea groups is 1. The Morgan fingerprint density at radius 3 is 2.65 bits per heavy atom. The molecule has 2 rings (SSSR count). The molecule has 0 radical (unpaired) electrons. The lowest BCUT2D eigenvalue weighted by Gasteiger charge is -2.26. The number of rotatable bonds is 1. The van der Waals surface area contributed by atoms with Crippen LogP contribution in [0.5, 0.6) is 0 Å². The lowest BCUT2D eigenvalue weighted by Crippen LogP contribution is -2.38. The van der Waals surface area contributed by atoms with Crippen molar-refractivity contribution in [2.24, 2.45) is 0 Å². The van der Waals surface area contributed by atoms with Crippen molar-refractivity contribution in [3.8, 4) is 0 Å². The molecule has 5 heteroatoms. The topological polar surface area (TPSA) is 32.3 Å². The molecule has 17 heavy (non-hydrogen) atoms. The van der Waals surface area contributed by atoms with Crippen LogP contribution in [0.4, 0.5) is 14.9 Å². The quantitative estimate of drug-likeness (QED) is 0.844. The molecular formula is C12H14BrFN2O. The van der Waals surface area contributed by atoms with Crippen molar-refractivity contribution in [1.82, 2.24) is 4.90 Å². The molecule has 3 nitrogen and oxygen atoms in total. The molecule has 0 saturated carbocycles. The zero-order chi connectivity index (χ0) is 12.3. The average Bonchev–Trinajstić information content (AvgIpc) is 2.35. The Balaban J connectivity index is 1.99. The second kappa shape index (κ2) is 5.49. The second-order valence-electron chi connectivity index (χ2n) is 4.11. The van der Waals surface area contributed by atoms with Gasteiger partial charge in [-0.3, -0.25) is 0 Å². The lowest BCUT2D eigenvalue weighted by molar-refractivity contribution is 0.200. The first-order chi connectivity index (χ1) is 8.16. The number of amides is 2. The van der Waals surface area contributed by atoms with Crippen LogP contribution < -0.4 is 5.32 Å². The van der Waals surface area contributed by atoms with Gasteiger partial charge in [-0.15, -0.1) is 0 Å². The van der Waals surface area contributed by atoms with E-state index < -0.39 is 0 Å². The van der Waals surface area contributed by atoms with E-state index in [1.807, 2.05) is 0 Å². The molecule has 0 aliphatic carbocycles. The minimum Gasteiger partial charge on any atom is -0.325 e. The molecule has 92 valence electrons. The zero-order valence-corrected chi connectivity index (χ0v) is 11.0. The number of halogens is 2. The number of hydrogen-bond acceptors (Lipinski definition) is 1. The van der Waals surface area contributed by atoms with E-state index >= 15 is 0 Å². The summed E-state index contributed by atoms with van der Waals surface area (Å²) in [6.45, 7) is 1.57. The van der Waals surface area contributed by atoms with Crippen LogP contribution in [0.3, 0.4) is 0 Å². The molecule has 1 aromatic rings. The van der Waals surface area contributed by atoms with Gasteiger partial charge < -0.3 is 10.2 Å². The van der Waals surface area contributed by atoms with Gasteiger partial charge in [-0.05, 0) is 53.4 Å². The monoisotopic (exact) mass is 300 g/mol. The summed E-state index contributed by atoms with van der Waals surface area (Å²) < 4.78 is 13.7. The summed E-state index contributed by atoms with van der Waals surface area (Å²) in [4.78, 5) is 13.6. The molecule has 1 aliphatic rings. The molecule has 1 N–H and O–H groups in total. The van der Waals surface area contributed by atoms with Gasteiger partial charge in [-0.2, -0.15) is 0 Å². The maximum atomic E-state index is 13.3. The Morgan fingerprint density at radius 1 is 1.29 bits per heavy atom. The van der Waals surface area contributed by atoms with Gasteiger partial charge >= 0.3 is 6.03 Å². The van der Waals surface area contributed by atoms with Gasteiger partial charge in [0.2, 0.25) is 0 Å². The van der Waals surface area contributed by atoms with E-state index in [0.29, 0.717) is 10.2 Å². The van der Waals surface area contributed by atoms with Gasteiger partial charge in [0.25, 0.3) is 0 Å². The van der Waals surface area contributed by atoms with Crippen molar-refractivity contribution in [2.75, 3.05) is 18.4 Å². The third kappa shape index (κ3) is 3.19. The summed E-state index contributed by atoms with van der Waals surface area (Å²) in [5.74, 6) is -0.374. The largest absolute Gasteiger partial charge is 0.325 e. The molecule has 1 heterocycles. The van der Waals surface area contributed by atoms with E-state index in [4.69, 9.17) is 0 Å². The van der Waals surface area contributed by atoms with Gasteiger partial charge in [0, 0.05) is 18.8 Å². The standard InChI is InChI=1S/C12H14BrFN2O/c13-10-5-4-9(8-11(10)14)15-12(17)16-6-2-1-3-7-16/h4-5,8H,1-3,6-7H2,(H,15,17). The Morgan fingerprint density at radius 2 is 2.00 bits per heavy atom.